The number of rotatable bonds is 2. The molecule has 1 fully saturated rings. The summed E-state index contributed by atoms with van der Waals surface area (Å²) >= 11 is 0. The number of carbonyl (C=O) groups is 1. The lowest BCUT2D eigenvalue weighted by atomic mass is 10.4. The minimum absolute atomic E-state index is 0. The summed E-state index contributed by atoms with van der Waals surface area (Å²) in [6.45, 7) is 1.84. The van der Waals surface area contributed by atoms with E-state index in [0.29, 0.717) is 6.42 Å². The molecule has 1 saturated carbocycles. The van der Waals surface area contributed by atoms with Gasteiger partial charge in [-0.25, -0.2) is 0 Å². The molecule has 2 atom stereocenters. The molecule has 0 saturated heterocycles. The minimum atomic E-state index is 0. The van der Waals surface area contributed by atoms with E-state index in [0.717, 1.165) is 6.42 Å². The predicted molar refractivity (Wildman–Crippen MR) is 42.1 cm³/mol. The zero-order valence-corrected chi connectivity index (χ0v) is 6.78. The Morgan fingerprint density at radius 3 is 2.60 bits per heavy atom. The molecule has 0 bridgehead atoms. The van der Waals surface area contributed by atoms with Crippen LogP contribution in [0.3, 0.4) is 0 Å². The summed E-state index contributed by atoms with van der Waals surface area (Å²) in [6, 6.07) is 0.498. The second-order valence-corrected chi connectivity index (χ2v) is 2.43. The average Bonchev–Trinajstić information content (AvgIpc) is 2.47. The summed E-state index contributed by atoms with van der Waals surface area (Å²) in [5.41, 5.74) is 5.45. The zero-order valence-electron chi connectivity index (χ0n) is 5.96. The van der Waals surface area contributed by atoms with E-state index in [1.165, 1.54) is 0 Å². The standard InChI is InChI=1S/C6H12N2O.ClH/c1-2-6(9)8-5-3-4(5)7;/h4-5H,2-3,7H2,1H3,(H,8,9);1H/t4-,5?;/m1./s1. The summed E-state index contributed by atoms with van der Waals surface area (Å²) in [4.78, 5) is 10.6. The molecule has 0 aromatic carbocycles. The van der Waals surface area contributed by atoms with Crippen LogP contribution in [-0.2, 0) is 4.79 Å². The number of amides is 1. The fourth-order valence-corrected chi connectivity index (χ4v) is 0.689. The van der Waals surface area contributed by atoms with Crippen molar-refractivity contribution in [3.8, 4) is 0 Å². The molecule has 0 aromatic heterocycles. The minimum Gasteiger partial charge on any atom is -0.352 e. The van der Waals surface area contributed by atoms with Gasteiger partial charge >= 0.3 is 0 Å². The number of hydrogen-bond donors (Lipinski definition) is 2. The van der Waals surface area contributed by atoms with E-state index in [-0.39, 0.29) is 30.4 Å². The van der Waals surface area contributed by atoms with Crippen LogP contribution >= 0.6 is 12.4 Å². The Bertz CT molecular complexity index is 129. The van der Waals surface area contributed by atoms with Gasteiger partial charge in [-0.1, -0.05) is 6.92 Å². The van der Waals surface area contributed by atoms with Gasteiger partial charge in [0.15, 0.2) is 0 Å². The normalized spacial score (nSPS) is 28.6. The lowest BCUT2D eigenvalue weighted by Gasteiger charge is -1.97. The third-order valence-electron chi connectivity index (χ3n) is 1.51. The van der Waals surface area contributed by atoms with Crippen LogP contribution in [0, 0.1) is 0 Å². The Morgan fingerprint density at radius 1 is 1.80 bits per heavy atom. The van der Waals surface area contributed by atoms with Crippen molar-refractivity contribution >= 4 is 18.3 Å². The Morgan fingerprint density at radius 2 is 2.30 bits per heavy atom. The molecule has 1 amide bonds. The Kier molecular flexibility index (Phi) is 3.68. The molecule has 0 radical (unpaired) electrons. The first-order valence-electron chi connectivity index (χ1n) is 3.29. The first-order valence-corrected chi connectivity index (χ1v) is 3.29. The quantitative estimate of drug-likeness (QED) is 0.606. The summed E-state index contributed by atoms with van der Waals surface area (Å²) in [6.07, 6.45) is 1.51. The Balaban J connectivity index is 0.000000810. The van der Waals surface area contributed by atoms with E-state index < -0.39 is 0 Å². The lowest BCUT2D eigenvalue weighted by Crippen LogP contribution is -2.28. The number of nitrogens with one attached hydrogen (secondary N) is 1. The molecule has 1 rings (SSSR count). The molecule has 0 aliphatic heterocycles. The van der Waals surface area contributed by atoms with Crippen LogP contribution in [0.15, 0.2) is 0 Å². The maximum absolute atomic E-state index is 10.6. The molecular weight excluding hydrogens is 152 g/mol. The van der Waals surface area contributed by atoms with Gasteiger partial charge in [-0.05, 0) is 6.42 Å². The highest BCUT2D eigenvalue weighted by Gasteiger charge is 2.34. The van der Waals surface area contributed by atoms with E-state index in [1.807, 2.05) is 6.92 Å². The van der Waals surface area contributed by atoms with Gasteiger partial charge in [-0.3, -0.25) is 4.79 Å². The largest absolute Gasteiger partial charge is 0.352 e. The van der Waals surface area contributed by atoms with Crippen molar-refractivity contribution in [2.45, 2.75) is 31.8 Å². The number of nitrogens with two attached hydrogens (primary N) is 1. The molecule has 3 nitrogen and oxygen atoms in total. The molecule has 60 valence electrons. The van der Waals surface area contributed by atoms with Gasteiger partial charge in [0.1, 0.15) is 0 Å². The van der Waals surface area contributed by atoms with E-state index in [2.05, 4.69) is 5.32 Å². The molecule has 0 heterocycles. The number of hydrogen-bond acceptors (Lipinski definition) is 2. The molecule has 3 N–H and O–H groups in total. The highest BCUT2D eigenvalue weighted by molar-refractivity contribution is 5.85. The van der Waals surface area contributed by atoms with E-state index in [4.69, 9.17) is 5.73 Å². The lowest BCUT2D eigenvalue weighted by molar-refractivity contribution is -0.120. The van der Waals surface area contributed by atoms with Crippen molar-refractivity contribution in [1.29, 1.82) is 0 Å². The van der Waals surface area contributed by atoms with Crippen LogP contribution in [0.1, 0.15) is 19.8 Å². The molecular formula is C6H13ClN2O. The second-order valence-electron chi connectivity index (χ2n) is 2.43. The van der Waals surface area contributed by atoms with Gasteiger partial charge in [0.2, 0.25) is 5.91 Å². The Hall–Kier alpha value is -0.280. The maximum Gasteiger partial charge on any atom is 0.219 e. The Labute approximate surface area is 66.8 Å². The van der Waals surface area contributed by atoms with Gasteiger partial charge in [0, 0.05) is 18.5 Å². The van der Waals surface area contributed by atoms with Crippen molar-refractivity contribution in [2.24, 2.45) is 5.73 Å². The van der Waals surface area contributed by atoms with E-state index >= 15 is 0 Å². The fourth-order valence-electron chi connectivity index (χ4n) is 0.689. The first kappa shape index (κ1) is 9.72. The first-order chi connectivity index (χ1) is 4.24. The summed E-state index contributed by atoms with van der Waals surface area (Å²) in [5, 5.41) is 2.79. The monoisotopic (exact) mass is 164 g/mol. The van der Waals surface area contributed by atoms with Crippen LogP contribution < -0.4 is 11.1 Å². The topological polar surface area (TPSA) is 55.1 Å². The zero-order chi connectivity index (χ0) is 6.85. The highest BCUT2D eigenvalue weighted by atomic mass is 35.5. The highest BCUT2D eigenvalue weighted by Crippen LogP contribution is 2.17. The van der Waals surface area contributed by atoms with Crippen molar-refractivity contribution in [3.63, 3.8) is 0 Å². The molecule has 0 aromatic rings. The average molecular weight is 165 g/mol. The van der Waals surface area contributed by atoms with Gasteiger partial charge in [0.05, 0.1) is 0 Å². The van der Waals surface area contributed by atoms with Crippen LogP contribution in [0.25, 0.3) is 0 Å². The second kappa shape index (κ2) is 3.78. The molecule has 10 heavy (non-hydrogen) atoms. The van der Waals surface area contributed by atoms with Gasteiger partial charge in [-0.15, -0.1) is 12.4 Å². The molecule has 1 aliphatic rings. The van der Waals surface area contributed by atoms with E-state index in [1.54, 1.807) is 0 Å². The van der Waals surface area contributed by atoms with E-state index in [9.17, 15) is 4.79 Å². The smallest absolute Gasteiger partial charge is 0.219 e. The van der Waals surface area contributed by atoms with Crippen LogP contribution in [-0.4, -0.2) is 18.0 Å². The third kappa shape index (κ3) is 2.54. The molecule has 1 unspecified atom stereocenters. The predicted octanol–water partition coefficient (Wildman–Crippen LogP) is 0.0340. The molecule has 1 aliphatic carbocycles. The van der Waals surface area contributed by atoms with Crippen LogP contribution in [0.2, 0.25) is 0 Å². The van der Waals surface area contributed by atoms with Crippen molar-refractivity contribution in [1.82, 2.24) is 5.32 Å². The van der Waals surface area contributed by atoms with Crippen molar-refractivity contribution in [2.75, 3.05) is 0 Å². The fraction of sp³-hybridized carbons (Fsp3) is 0.833. The van der Waals surface area contributed by atoms with Crippen LogP contribution in [0.5, 0.6) is 0 Å². The summed E-state index contributed by atoms with van der Waals surface area (Å²) < 4.78 is 0. The van der Waals surface area contributed by atoms with Gasteiger partial charge in [-0.2, -0.15) is 0 Å². The summed E-state index contributed by atoms with van der Waals surface area (Å²) in [5.74, 6) is 0.105. The SMILES string of the molecule is CCC(=O)NC1C[C@H]1N.Cl. The number of halogens is 1. The molecule has 0 spiro atoms. The third-order valence-corrected chi connectivity index (χ3v) is 1.51. The van der Waals surface area contributed by atoms with Crippen molar-refractivity contribution in [3.05, 3.63) is 0 Å². The molecule has 4 heteroatoms. The van der Waals surface area contributed by atoms with Gasteiger partial charge in [0.25, 0.3) is 0 Å². The maximum atomic E-state index is 10.6. The van der Waals surface area contributed by atoms with Crippen molar-refractivity contribution < 1.29 is 4.79 Å². The van der Waals surface area contributed by atoms with Gasteiger partial charge < -0.3 is 11.1 Å². The van der Waals surface area contributed by atoms with Crippen LogP contribution in [0.4, 0.5) is 0 Å². The number of carbonyl (C=O) groups excluding carboxylic acids is 1. The summed E-state index contributed by atoms with van der Waals surface area (Å²) in [7, 11) is 0.